The number of fused-ring (bicyclic) bond motifs is 1. The molecule has 160 valence electrons. The van der Waals surface area contributed by atoms with Crippen LogP contribution in [0, 0.1) is 13.8 Å². The van der Waals surface area contributed by atoms with E-state index in [4.69, 9.17) is 4.98 Å². The van der Waals surface area contributed by atoms with Crippen molar-refractivity contribution in [3.63, 3.8) is 0 Å². The normalized spacial score (nSPS) is 16.5. The number of carbonyl (C=O) groups excluding carboxylic acids is 1. The zero-order valence-electron chi connectivity index (χ0n) is 18.5. The highest BCUT2D eigenvalue weighted by atomic mass is 16.2. The summed E-state index contributed by atoms with van der Waals surface area (Å²) in [4.78, 5) is 19.9. The van der Waals surface area contributed by atoms with E-state index in [0.717, 1.165) is 34.7 Å². The number of aryl methyl sites for hydroxylation is 2. The second-order valence-corrected chi connectivity index (χ2v) is 8.58. The predicted octanol–water partition coefficient (Wildman–Crippen LogP) is 5.89. The van der Waals surface area contributed by atoms with Crippen molar-refractivity contribution in [1.82, 2.24) is 9.55 Å². The van der Waals surface area contributed by atoms with Crippen LogP contribution < -0.4 is 4.90 Å². The minimum Gasteiger partial charge on any atom is -0.324 e. The molecule has 1 atom stereocenters. The fourth-order valence-corrected chi connectivity index (χ4v) is 4.68. The number of benzene rings is 3. The van der Waals surface area contributed by atoms with Gasteiger partial charge in [0.05, 0.1) is 11.0 Å². The minimum absolute atomic E-state index is 0.0701. The van der Waals surface area contributed by atoms with Crippen LogP contribution in [0.4, 0.5) is 5.69 Å². The fraction of sp³-hybridized carbons (Fsp3) is 0.214. The third kappa shape index (κ3) is 3.84. The zero-order valence-corrected chi connectivity index (χ0v) is 18.5. The molecule has 2 heterocycles. The van der Waals surface area contributed by atoms with Crippen LogP contribution in [0.1, 0.15) is 34.9 Å². The molecule has 1 saturated heterocycles. The number of allylic oxidation sites excluding steroid dienone is 1. The van der Waals surface area contributed by atoms with Gasteiger partial charge in [0.25, 0.3) is 0 Å². The molecule has 5 rings (SSSR count). The first-order valence-corrected chi connectivity index (χ1v) is 11.1. The summed E-state index contributed by atoms with van der Waals surface area (Å²) in [5, 5.41) is 0. The molecule has 1 fully saturated rings. The van der Waals surface area contributed by atoms with Crippen LogP contribution in [0.3, 0.4) is 0 Å². The maximum atomic E-state index is 13.0. The van der Waals surface area contributed by atoms with Gasteiger partial charge in [-0.3, -0.25) is 4.79 Å². The van der Waals surface area contributed by atoms with Crippen LogP contribution >= 0.6 is 0 Å². The quantitative estimate of drug-likeness (QED) is 0.403. The zero-order chi connectivity index (χ0) is 22.1. The smallest absolute Gasteiger partial charge is 0.227 e. The molecule has 0 aliphatic carbocycles. The summed E-state index contributed by atoms with van der Waals surface area (Å²) in [6, 6.07) is 24.8. The van der Waals surface area contributed by atoms with Gasteiger partial charge >= 0.3 is 0 Å². The van der Waals surface area contributed by atoms with Gasteiger partial charge in [-0.25, -0.2) is 4.98 Å². The van der Waals surface area contributed by atoms with E-state index in [1.807, 2.05) is 35.2 Å². The van der Waals surface area contributed by atoms with Gasteiger partial charge in [-0.2, -0.15) is 0 Å². The second-order valence-electron chi connectivity index (χ2n) is 8.58. The maximum Gasteiger partial charge on any atom is 0.227 e. The van der Waals surface area contributed by atoms with Crippen LogP contribution in [-0.4, -0.2) is 22.0 Å². The number of anilines is 1. The van der Waals surface area contributed by atoms with E-state index < -0.39 is 0 Å². The Morgan fingerprint density at radius 1 is 1.00 bits per heavy atom. The lowest BCUT2D eigenvalue weighted by molar-refractivity contribution is -0.117. The lowest BCUT2D eigenvalue weighted by Gasteiger charge is -2.20. The Kier molecular flexibility index (Phi) is 5.36. The lowest BCUT2D eigenvalue weighted by atomic mass is 10.1. The van der Waals surface area contributed by atoms with Crippen molar-refractivity contribution in [2.45, 2.75) is 32.7 Å². The van der Waals surface area contributed by atoms with Crippen molar-refractivity contribution in [3.05, 3.63) is 101 Å². The third-order valence-corrected chi connectivity index (χ3v) is 6.22. The van der Waals surface area contributed by atoms with Crippen LogP contribution in [0.2, 0.25) is 0 Å². The summed E-state index contributed by atoms with van der Waals surface area (Å²) in [6.07, 6.45) is 4.80. The Morgan fingerprint density at radius 2 is 1.78 bits per heavy atom. The Labute approximate surface area is 188 Å². The summed E-state index contributed by atoms with van der Waals surface area (Å²) in [7, 11) is 0. The number of nitrogens with zero attached hydrogens (tertiary/aromatic N) is 3. The van der Waals surface area contributed by atoms with Gasteiger partial charge in [0.2, 0.25) is 5.91 Å². The molecule has 1 amide bonds. The molecule has 0 bridgehead atoms. The van der Waals surface area contributed by atoms with E-state index in [0.29, 0.717) is 13.0 Å². The highest BCUT2D eigenvalue weighted by Gasteiger charge is 2.35. The summed E-state index contributed by atoms with van der Waals surface area (Å²) in [5.74, 6) is 1.23. The summed E-state index contributed by atoms with van der Waals surface area (Å²) < 4.78 is 2.26. The second kappa shape index (κ2) is 8.46. The van der Waals surface area contributed by atoms with E-state index in [-0.39, 0.29) is 11.8 Å². The first kappa shape index (κ1) is 20.3. The van der Waals surface area contributed by atoms with Gasteiger partial charge in [0.15, 0.2) is 0 Å². The molecular formula is C28H27N3O. The number of aromatic nitrogens is 2. The average molecular weight is 422 g/mol. The van der Waals surface area contributed by atoms with Crippen molar-refractivity contribution in [1.29, 1.82) is 0 Å². The van der Waals surface area contributed by atoms with Crippen LogP contribution in [0.5, 0.6) is 0 Å². The number of hydrogen-bond acceptors (Lipinski definition) is 2. The fourth-order valence-electron chi connectivity index (χ4n) is 4.68. The van der Waals surface area contributed by atoms with E-state index in [9.17, 15) is 4.79 Å². The van der Waals surface area contributed by atoms with Gasteiger partial charge in [0.1, 0.15) is 5.82 Å². The van der Waals surface area contributed by atoms with Gasteiger partial charge in [0, 0.05) is 31.1 Å². The van der Waals surface area contributed by atoms with E-state index in [1.54, 1.807) is 0 Å². The third-order valence-electron chi connectivity index (χ3n) is 6.22. The maximum absolute atomic E-state index is 13.0. The van der Waals surface area contributed by atoms with Gasteiger partial charge < -0.3 is 9.47 Å². The molecule has 1 aliphatic heterocycles. The van der Waals surface area contributed by atoms with Crippen molar-refractivity contribution >= 4 is 28.7 Å². The Morgan fingerprint density at radius 3 is 2.59 bits per heavy atom. The number of imidazole rings is 1. The first-order chi connectivity index (χ1) is 15.6. The highest BCUT2D eigenvalue weighted by Crippen LogP contribution is 2.34. The van der Waals surface area contributed by atoms with Crippen LogP contribution in [-0.2, 0) is 11.3 Å². The number of carbonyl (C=O) groups is 1. The molecule has 0 spiro atoms. The molecule has 0 radical (unpaired) electrons. The number of hydrogen-bond donors (Lipinski definition) is 0. The Bertz CT molecular complexity index is 1300. The monoisotopic (exact) mass is 421 g/mol. The molecule has 4 heteroatoms. The largest absolute Gasteiger partial charge is 0.324 e. The average Bonchev–Trinajstić information content (AvgIpc) is 3.35. The number of rotatable bonds is 5. The Balaban J connectivity index is 1.47. The topological polar surface area (TPSA) is 38.1 Å². The molecule has 1 aliphatic rings. The number of para-hydroxylation sites is 2. The van der Waals surface area contributed by atoms with Crippen molar-refractivity contribution in [2.75, 3.05) is 11.4 Å². The molecular weight excluding hydrogens is 394 g/mol. The summed E-state index contributed by atoms with van der Waals surface area (Å²) >= 11 is 0. The minimum atomic E-state index is 0.0701. The SMILES string of the molecule is Cc1ccc(N2CC(c3nc4ccccc4n3CC=Cc3ccccc3)CC2=O)c(C)c1. The standard InChI is InChI=1S/C28H27N3O/c1-20-14-15-25(21(2)17-20)31-19-23(18-27(31)32)28-29-24-12-6-7-13-26(24)30(28)16-8-11-22-9-4-3-5-10-22/h3-15,17,23H,16,18-19H2,1-2H3. The molecule has 4 aromatic rings. The molecule has 0 saturated carbocycles. The molecule has 32 heavy (non-hydrogen) atoms. The molecule has 1 aromatic heterocycles. The van der Waals surface area contributed by atoms with Gasteiger partial charge in [-0.05, 0) is 43.2 Å². The van der Waals surface area contributed by atoms with Crippen molar-refractivity contribution in [3.8, 4) is 0 Å². The van der Waals surface area contributed by atoms with Crippen molar-refractivity contribution in [2.24, 2.45) is 0 Å². The van der Waals surface area contributed by atoms with Gasteiger partial charge in [-0.1, -0.05) is 72.3 Å². The van der Waals surface area contributed by atoms with Gasteiger partial charge in [-0.15, -0.1) is 0 Å². The summed E-state index contributed by atoms with van der Waals surface area (Å²) in [6.45, 7) is 5.54. The predicted molar refractivity (Wildman–Crippen MR) is 131 cm³/mol. The first-order valence-electron chi connectivity index (χ1n) is 11.1. The molecule has 4 nitrogen and oxygen atoms in total. The summed E-state index contributed by atoms with van der Waals surface area (Å²) in [5.41, 5.74) is 6.62. The van der Waals surface area contributed by atoms with Crippen molar-refractivity contribution < 1.29 is 4.79 Å². The molecule has 0 N–H and O–H groups in total. The Hall–Kier alpha value is -3.66. The van der Waals surface area contributed by atoms with E-state index >= 15 is 0 Å². The van der Waals surface area contributed by atoms with E-state index in [1.165, 1.54) is 11.1 Å². The molecule has 1 unspecified atom stereocenters. The van der Waals surface area contributed by atoms with Crippen LogP contribution in [0.25, 0.3) is 17.1 Å². The van der Waals surface area contributed by atoms with E-state index in [2.05, 4.69) is 73.0 Å². The molecule has 3 aromatic carbocycles. The number of amides is 1. The van der Waals surface area contributed by atoms with Crippen LogP contribution in [0.15, 0.2) is 78.9 Å². The lowest BCUT2D eigenvalue weighted by Crippen LogP contribution is -2.25. The highest BCUT2D eigenvalue weighted by molar-refractivity contribution is 5.97.